The summed E-state index contributed by atoms with van der Waals surface area (Å²) in [4.78, 5) is 2.82. The van der Waals surface area contributed by atoms with Crippen LogP contribution in [0.2, 0.25) is 0 Å². The van der Waals surface area contributed by atoms with Gasteiger partial charge in [0.2, 0.25) is 0 Å². The smallest absolute Gasteiger partial charge is 0.0263 e. The normalized spacial score (nSPS) is 34.0. The molecule has 0 radical (unpaired) electrons. The average molecular weight is 210 g/mol. The fourth-order valence-electron chi connectivity index (χ4n) is 3.49. The summed E-state index contributed by atoms with van der Waals surface area (Å²) in [5.74, 6) is 0.949. The predicted molar refractivity (Wildman–Crippen MR) is 65.1 cm³/mol. The van der Waals surface area contributed by atoms with Crippen molar-refractivity contribution in [1.29, 1.82) is 0 Å². The average Bonchev–Trinajstić information content (AvgIpc) is 2.73. The van der Waals surface area contributed by atoms with E-state index < -0.39 is 0 Å². The fraction of sp³-hybridized carbons (Fsp3) is 1.00. The Balaban J connectivity index is 1.99. The summed E-state index contributed by atoms with van der Waals surface area (Å²) in [5.41, 5.74) is 0. The van der Waals surface area contributed by atoms with Crippen molar-refractivity contribution in [2.24, 2.45) is 5.92 Å². The van der Waals surface area contributed by atoms with Gasteiger partial charge in [-0.3, -0.25) is 4.90 Å². The van der Waals surface area contributed by atoms with E-state index in [-0.39, 0.29) is 0 Å². The first-order chi connectivity index (χ1) is 7.36. The molecule has 0 aliphatic carbocycles. The highest BCUT2D eigenvalue weighted by Gasteiger charge is 2.37. The van der Waals surface area contributed by atoms with E-state index in [1.165, 1.54) is 51.7 Å². The predicted octanol–water partition coefficient (Wildman–Crippen LogP) is 2.25. The Morgan fingerprint density at radius 1 is 1.33 bits per heavy atom. The first-order valence-electron chi connectivity index (χ1n) is 6.83. The molecule has 2 saturated heterocycles. The number of fused-ring (bicyclic) bond motifs is 1. The Morgan fingerprint density at radius 2 is 2.20 bits per heavy atom. The molecule has 15 heavy (non-hydrogen) atoms. The highest BCUT2D eigenvalue weighted by molar-refractivity contribution is 4.94. The molecular weight excluding hydrogens is 184 g/mol. The van der Waals surface area contributed by atoms with Crippen molar-refractivity contribution in [2.75, 3.05) is 19.6 Å². The third-order valence-electron chi connectivity index (χ3n) is 4.28. The van der Waals surface area contributed by atoms with Gasteiger partial charge in [0.05, 0.1) is 0 Å². The van der Waals surface area contributed by atoms with E-state index in [0.717, 1.165) is 18.0 Å². The standard InChI is InChI=1S/C13H26N2/c1-3-6-12(4-2)15-8-5-7-11-9-14-10-13(11)15/h11-14H,3-10H2,1-2H3. The van der Waals surface area contributed by atoms with Gasteiger partial charge in [-0.05, 0) is 44.7 Å². The van der Waals surface area contributed by atoms with Crippen molar-refractivity contribution in [1.82, 2.24) is 10.2 Å². The molecule has 0 bridgehead atoms. The van der Waals surface area contributed by atoms with Crippen molar-refractivity contribution in [3.63, 3.8) is 0 Å². The number of hydrogen-bond donors (Lipinski definition) is 1. The molecule has 0 aromatic rings. The number of rotatable bonds is 4. The molecule has 0 amide bonds. The van der Waals surface area contributed by atoms with Crippen molar-refractivity contribution < 1.29 is 0 Å². The van der Waals surface area contributed by atoms with E-state index in [2.05, 4.69) is 24.1 Å². The molecule has 88 valence electrons. The maximum absolute atomic E-state index is 3.57. The minimum atomic E-state index is 0.850. The minimum absolute atomic E-state index is 0.850. The van der Waals surface area contributed by atoms with Gasteiger partial charge in [0.15, 0.2) is 0 Å². The molecule has 2 aliphatic heterocycles. The van der Waals surface area contributed by atoms with Crippen LogP contribution in [0.25, 0.3) is 0 Å². The van der Waals surface area contributed by atoms with Crippen LogP contribution in [-0.2, 0) is 0 Å². The van der Waals surface area contributed by atoms with Crippen molar-refractivity contribution in [2.45, 2.75) is 58.0 Å². The van der Waals surface area contributed by atoms with Crippen molar-refractivity contribution >= 4 is 0 Å². The molecular formula is C13H26N2. The molecule has 0 spiro atoms. The van der Waals surface area contributed by atoms with Gasteiger partial charge in [0, 0.05) is 18.6 Å². The van der Waals surface area contributed by atoms with E-state index in [4.69, 9.17) is 0 Å². The van der Waals surface area contributed by atoms with Crippen molar-refractivity contribution in [3.8, 4) is 0 Å². The number of likely N-dealkylation sites (tertiary alicyclic amines) is 1. The SMILES string of the molecule is CCCC(CC)N1CCCC2CNCC21. The quantitative estimate of drug-likeness (QED) is 0.765. The number of nitrogens with zero attached hydrogens (tertiary/aromatic N) is 1. The van der Waals surface area contributed by atoms with Gasteiger partial charge < -0.3 is 5.32 Å². The second-order valence-corrected chi connectivity index (χ2v) is 5.22. The van der Waals surface area contributed by atoms with E-state index in [0.29, 0.717) is 0 Å². The van der Waals surface area contributed by atoms with Crippen LogP contribution in [0.3, 0.4) is 0 Å². The zero-order chi connectivity index (χ0) is 10.7. The fourth-order valence-corrected chi connectivity index (χ4v) is 3.49. The Kier molecular flexibility index (Phi) is 4.04. The Labute approximate surface area is 94.4 Å². The van der Waals surface area contributed by atoms with Crippen LogP contribution < -0.4 is 5.32 Å². The van der Waals surface area contributed by atoms with Gasteiger partial charge in [-0.2, -0.15) is 0 Å². The molecule has 1 N–H and O–H groups in total. The summed E-state index contributed by atoms with van der Waals surface area (Å²) in [6, 6.07) is 1.71. The van der Waals surface area contributed by atoms with Gasteiger partial charge in [0.25, 0.3) is 0 Å². The highest BCUT2D eigenvalue weighted by atomic mass is 15.2. The molecule has 2 heteroatoms. The van der Waals surface area contributed by atoms with Crippen LogP contribution in [0, 0.1) is 5.92 Å². The summed E-state index contributed by atoms with van der Waals surface area (Å²) in [6.45, 7) is 8.53. The number of piperidine rings is 1. The summed E-state index contributed by atoms with van der Waals surface area (Å²) in [6.07, 6.45) is 6.93. The summed E-state index contributed by atoms with van der Waals surface area (Å²) < 4.78 is 0. The van der Waals surface area contributed by atoms with Gasteiger partial charge in [-0.15, -0.1) is 0 Å². The second-order valence-electron chi connectivity index (χ2n) is 5.22. The largest absolute Gasteiger partial charge is 0.315 e. The summed E-state index contributed by atoms with van der Waals surface area (Å²) in [5, 5.41) is 3.57. The van der Waals surface area contributed by atoms with E-state index >= 15 is 0 Å². The molecule has 0 saturated carbocycles. The van der Waals surface area contributed by atoms with Gasteiger partial charge in [-0.1, -0.05) is 20.3 Å². The number of nitrogens with one attached hydrogen (secondary N) is 1. The molecule has 2 aliphatic rings. The van der Waals surface area contributed by atoms with E-state index in [1.807, 2.05) is 0 Å². The van der Waals surface area contributed by atoms with Crippen LogP contribution in [-0.4, -0.2) is 36.6 Å². The van der Waals surface area contributed by atoms with Crippen LogP contribution in [0.4, 0.5) is 0 Å². The zero-order valence-electron chi connectivity index (χ0n) is 10.3. The first-order valence-corrected chi connectivity index (χ1v) is 6.83. The first kappa shape index (κ1) is 11.4. The molecule has 0 aromatic carbocycles. The monoisotopic (exact) mass is 210 g/mol. The lowest BCUT2D eigenvalue weighted by atomic mass is 9.89. The Hall–Kier alpha value is -0.0800. The van der Waals surface area contributed by atoms with Gasteiger partial charge >= 0.3 is 0 Å². The topological polar surface area (TPSA) is 15.3 Å². The lowest BCUT2D eigenvalue weighted by Gasteiger charge is -2.42. The van der Waals surface area contributed by atoms with Gasteiger partial charge in [0.1, 0.15) is 0 Å². The molecule has 3 unspecified atom stereocenters. The summed E-state index contributed by atoms with van der Waals surface area (Å²) in [7, 11) is 0. The third kappa shape index (κ3) is 2.36. The molecule has 2 fully saturated rings. The minimum Gasteiger partial charge on any atom is -0.315 e. The van der Waals surface area contributed by atoms with Crippen LogP contribution >= 0.6 is 0 Å². The maximum Gasteiger partial charge on any atom is 0.0263 e. The van der Waals surface area contributed by atoms with E-state index in [1.54, 1.807) is 0 Å². The second kappa shape index (κ2) is 5.31. The number of hydrogen-bond acceptors (Lipinski definition) is 2. The van der Waals surface area contributed by atoms with E-state index in [9.17, 15) is 0 Å². The summed E-state index contributed by atoms with van der Waals surface area (Å²) >= 11 is 0. The van der Waals surface area contributed by atoms with Gasteiger partial charge in [-0.25, -0.2) is 0 Å². The van der Waals surface area contributed by atoms with Crippen LogP contribution in [0.15, 0.2) is 0 Å². The lowest BCUT2D eigenvalue weighted by Crippen LogP contribution is -2.50. The molecule has 2 nitrogen and oxygen atoms in total. The third-order valence-corrected chi connectivity index (χ3v) is 4.28. The van der Waals surface area contributed by atoms with Crippen LogP contribution in [0.5, 0.6) is 0 Å². The lowest BCUT2D eigenvalue weighted by molar-refractivity contribution is 0.0701. The Morgan fingerprint density at radius 3 is 2.93 bits per heavy atom. The molecule has 2 rings (SSSR count). The van der Waals surface area contributed by atoms with Crippen molar-refractivity contribution in [3.05, 3.63) is 0 Å². The molecule has 3 atom stereocenters. The van der Waals surface area contributed by atoms with Crippen LogP contribution in [0.1, 0.15) is 46.0 Å². The molecule has 2 heterocycles. The highest BCUT2D eigenvalue weighted by Crippen LogP contribution is 2.29. The Bertz CT molecular complexity index is 193. The molecule has 0 aromatic heterocycles. The zero-order valence-corrected chi connectivity index (χ0v) is 10.3. The maximum atomic E-state index is 3.57.